The topological polar surface area (TPSA) is 34.5 Å². The van der Waals surface area contributed by atoms with Gasteiger partial charge in [-0.2, -0.15) is 0 Å². The van der Waals surface area contributed by atoms with E-state index in [1.165, 1.54) is 0 Å². The molecule has 2 atom stereocenters. The Hall–Kier alpha value is -2.85. The second-order valence-corrected chi connectivity index (χ2v) is 6.68. The third-order valence-corrected chi connectivity index (χ3v) is 5.31. The van der Waals surface area contributed by atoms with Crippen molar-refractivity contribution in [1.29, 1.82) is 0 Å². The van der Waals surface area contributed by atoms with Gasteiger partial charge in [0.1, 0.15) is 0 Å². The predicted octanol–water partition coefficient (Wildman–Crippen LogP) is 3.88. The molecule has 1 aromatic heterocycles. The first-order valence-corrected chi connectivity index (χ1v) is 8.50. The van der Waals surface area contributed by atoms with Gasteiger partial charge in [-0.25, -0.2) is 0 Å². The Labute approximate surface area is 146 Å². The van der Waals surface area contributed by atoms with Crippen LogP contribution in [0.5, 0.6) is 0 Å². The minimum atomic E-state index is -0.792. The summed E-state index contributed by atoms with van der Waals surface area (Å²) in [6.45, 7) is 2.48. The maximum absolute atomic E-state index is 13.5. The molecule has 2 aromatic carbocycles. The van der Waals surface area contributed by atoms with E-state index < -0.39 is 5.72 Å². The minimum absolute atomic E-state index is 0.00755. The highest BCUT2D eigenvalue weighted by Crippen LogP contribution is 2.47. The zero-order chi connectivity index (χ0) is 17.0. The lowest BCUT2D eigenvalue weighted by Gasteiger charge is -2.35. The summed E-state index contributed by atoms with van der Waals surface area (Å²) < 4.78 is 8.33. The molecular formula is C21H18N2O2. The first-order chi connectivity index (χ1) is 12.2. The Bertz CT molecular complexity index is 963. The highest BCUT2D eigenvalue weighted by atomic mass is 16.5. The number of nitrogens with zero attached hydrogens (tertiary/aromatic N) is 2. The van der Waals surface area contributed by atoms with Gasteiger partial charge in [0.25, 0.3) is 5.91 Å². The molecule has 5 rings (SSSR count). The van der Waals surface area contributed by atoms with Crippen molar-refractivity contribution in [3.63, 3.8) is 0 Å². The van der Waals surface area contributed by atoms with Gasteiger partial charge in [0, 0.05) is 6.20 Å². The number of hydrogen-bond donors (Lipinski definition) is 0. The van der Waals surface area contributed by atoms with Crippen molar-refractivity contribution < 1.29 is 9.53 Å². The summed E-state index contributed by atoms with van der Waals surface area (Å²) >= 11 is 0. The van der Waals surface area contributed by atoms with E-state index in [1.54, 1.807) is 0 Å². The van der Waals surface area contributed by atoms with E-state index in [4.69, 9.17) is 4.74 Å². The molecule has 4 heteroatoms. The predicted molar refractivity (Wildman–Crippen MR) is 94.4 cm³/mol. The van der Waals surface area contributed by atoms with Crippen LogP contribution in [0.25, 0.3) is 5.69 Å². The largest absolute Gasteiger partial charge is 0.347 e. The van der Waals surface area contributed by atoms with Gasteiger partial charge in [-0.05, 0) is 36.8 Å². The summed E-state index contributed by atoms with van der Waals surface area (Å²) in [5.74, 6) is 0.00755. The van der Waals surface area contributed by atoms with Crippen LogP contribution < -0.4 is 0 Å². The summed E-state index contributed by atoms with van der Waals surface area (Å²) in [7, 11) is 0. The zero-order valence-corrected chi connectivity index (χ0v) is 13.9. The number of aromatic nitrogens is 1. The van der Waals surface area contributed by atoms with Gasteiger partial charge in [-0.1, -0.05) is 42.5 Å². The summed E-state index contributed by atoms with van der Waals surface area (Å²) in [6.07, 6.45) is 2.00. The Morgan fingerprint density at radius 3 is 2.60 bits per heavy atom. The number of benzene rings is 2. The third kappa shape index (κ3) is 1.88. The van der Waals surface area contributed by atoms with Gasteiger partial charge in [0.05, 0.1) is 29.6 Å². The molecule has 0 N–H and O–H groups in total. The Morgan fingerprint density at radius 2 is 1.76 bits per heavy atom. The Morgan fingerprint density at radius 1 is 1.00 bits per heavy atom. The molecule has 25 heavy (non-hydrogen) atoms. The highest BCUT2D eigenvalue weighted by molar-refractivity contribution is 5.99. The van der Waals surface area contributed by atoms with Crippen LogP contribution in [0.1, 0.15) is 34.6 Å². The third-order valence-electron chi connectivity index (χ3n) is 5.31. The molecule has 0 saturated carbocycles. The lowest BCUT2D eigenvalue weighted by molar-refractivity contribution is -0.0638. The van der Waals surface area contributed by atoms with Gasteiger partial charge in [0.15, 0.2) is 5.72 Å². The fourth-order valence-electron chi connectivity index (χ4n) is 4.10. The van der Waals surface area contributed by atoms with E-state index in [0.29, 0.717) is 12.2 Å². The lowest BCUT2D eigenvalue weighted by atomic mass is 10.0. The monoisotopic (exact) mass is 330 g/mol. The summed E-state index contributed by atoms with van der Waals surface area (Å²) in [4.78, 5) is 15.4. The van der Waals surface area contributed by atoms with Crippen molar-refractivity contribution in [2.24, 2.45) is 0 Å². The van der Waals surface area contributed by atoms with Crippen molar-refractivity contribution in [2.45, 2.75) is 18.7 Å². The Balaban J connectivity index is 1.76. The van der Waals surface area contributed by atoms with E-state index in [-0.39, 0.29) is 11.9 Å². The molecule has 4 nitrogen and oxygen atoms in total. The molecule has 2 aliphatic heterocycles. The second kappa shape index (κ2) is 5.07. The van der Waals surface area contributed by atoms with Crippen molar-refractivity contribution >= 4 is 5.91 Å². The molecule has 3 heterocycles. The first kappa shape index (κ1) is 14.5. The van der Waals surface area contributed by atoms with Gasteiger partial charge in [-0.15, -0.1) is 0 Å². The van der Waals surface area contributed by atoms with Crippen molar-refractivity contribution in [3.05, 3.63) is 89.7 Å². The zero-order valence-electron chi connectivity index (χ0n) is 13.9. The fraction of sp³-hybridized carbons (Fsp3) is 0.190. The molecule has 0 unspecified atom stereocenters. The summed E-state index contributed by atoms with van der Waals surface area (Å²) in [5.41, 5.74) is 2.88. The van der Waals surface area contributed by atoms with Crippen LogP contribution in [0.4, 0.5) is 0 Å². The molecule has 0 aliphatic carbocycles. The number of hydrogen-bond acceptors (Lipinski definition) is 2. The van der Waals surface area contributed by atoms with Crippen molar-refractivity contribution in [3.8, 4) is 5.69 Å². The normalized spacial score (nSPS) is 24.4. The summed E-state index contributed by atoms with van der Waals surface area (Å²) in [5, 5.41) is 0. The van der Waals surface area contributed by atoms with Gasteiger partial charge < -0.3 is 9.30 Å². The maximum Gasteiger partial charge on any atom is 0.259 e. The van der Waals surface area contributed by atoms with E-state index in [9.17, 15) is 4.79 Å². The van der Waals surface area contributed by atoms with Gasteiger partial charge >= 0.3 is 0 Å². The molecule has 124 valence electrons. The minimum Gasteiger partial charge on any atom is -0.347 e. The smallest absolute Gasteiger partial charge is 0.259 e. The van der Waals surface area contributed by atoms with Gasteiger partial charge in [0.2, 0.25) is 0 Å². The lowest BCUT2D eigenvalue weighted by Crippen LogP contribution is -2.44. The van der Waals surface area contributed by atoms with Crippen LogP contribution in [-0.2, 0) is 10.5 Å². The number of amides is 1. The van der Waals surface area contributed by atoms with E-state index in [1.807, 2.05) is 72.6 Å². The van der Waals surface area contributed by atoms with Crippen LogP contribution >= 0.6 is 0 Å². The number of para-hydroxylation sites is 1. The molecule has 0 spiro atoms. The molecule has 2 aliphatic rings. The van der Waals surface area contributed by atoms with Crippen molar-refractivity contribution in [2.75, 3.05) is 6.61 Å². The van der Waals surface area contributed by atoms with Crippen molar-refractivity contribution in [1.82, 2.24) is 9.47 Å². The Kier molecular flexibility index (Phi) is 2.94. The van der Waals surface area contributed by atoms with Crippen LogP contribution in [0.2, 0.25) is 0 Å². The SMILES string of the molecule is C[C@@]12OC[C@@H](c3ccccc3)N1C(=O)c1ccccc1-n1cccc12. The number of ether oxygens (including phenoxy) is 1. The number of fused-ring (bicyclic) bond motifs is 5. The highest BCUT2D eigenvalue weighted by Gasteiger charge is 2.52. The standard InChI is InChI=1S/C21H18N2O2/c1-21-19-12-7-13-22(19)17-11-6-5-10-16(17)20(24)23(21)18(14-25-21)15-8-3-2-4-9-15/h2-13,18H,14H2,1H3/t18-,21-/m0/s1. The fourth-order valence-corrected chi connectivity index (χ4v) is 4.10. The number of carbonyl (C=O) groups is 1. The molecule has 0 bridgehead atoms. The number of carbonyl (C=O) groups excluding carboxylic acids is 1. The second-order valence-electron chi connectivity index (χ2n) is 6.68. The molecule has 1 fully saturated rings. The molecule has 0 radical (unpaired) electrons. The van der Waals surface area contributed by atoms with Crippen LogP contribution in [-0.4, -0.2) is 22.0 Å². The first-order valence-electron chi connectivity index (χ1n) is 8.50. The van der Waals surface area contributed by atoms with Gasteiger partial charge in [-0.3, -0.25) is 9.69 Å². The average Bonchev–Trinajstić information content (AvgIpc) is 3.26. The van der Waals surface area contributed by atoms with E-state index in [2.05, 4.69) is 16.7 Å². The van der Waals surface area contributed by atoms with E-state index in [0.717, 1.165) is 16.9 Å². The maximum atomic E-state index is 13.5. The quantitative estimate of drug-likeness (QED) is 0.679. The van der Waals surface area contributed by atoms with E-state index >= 15 is 0 Å². The number of rotatable bonds is 1. The van der Waals surface area contributed by atoms with Crippen LogP contribution in [0, 0.1) is 0 Å². The summed E-state index contributed by atoms with van der Waals surface area (Å²) in [6, 6.07) is 21.8. The molecule has 1 saturated heterocycles. The molecule has 1 amide bonds. The molecule has 3 aromatic rings. The molecular weight excluding hydrogens is 312 g/mol. The average molecular weight is 330 g/mol. The van der Waals surface area contributed by atoms with Crippen LogP contribution in [0.3, 0.4) is 0 Å². The van der Waals surface area contributed by atoms with Crippen LogP contribution in [0.15, 0.2) is 72.9 Å².